The lowest BCUT2D eigenvalue weighted by Gasteiger charge is -2.17. The summed E-state index contributed by atoms with van der Waals surface area (Å²) in [4.78, 5) is 23.7. The van der Waals surface area contributed by atoms with Crippen LogP contribution in [0, 0.1) is 5.92 Å². The van der Waals surface area contributed by atoms with Gasteiger partial charge in [0.2, 0.25) is 5.91 Å². The highest BCUT2D eigenvalue weighted by molar-refractivity contribution is 7.10. The highest BCUT2D eigenvalue weighted by Gasteiger charge is 2.27. The second-order valence-electron chi connectivity index (χ2n) is 4.23. The second-order valence-corrected chi connectivity index (χ2v) is 5.21. The molecule has 0 radical (unpaired) electrons. The van der Waals surface area contributed by atoms with Gasteiger partial charge in [-0.2, -0.15) is 0 Å². The van der Waals surface area contributed by atoms with Crippen LogP contribution >= 0.6 is 11.3 Å². The molecule has 0 bridgehead atoms. The molecule has 2 rings (SSSR count). The number of carboxylic acids is 1. The summed E-state index contributed by atoms with van der Waals surface area (Å²) in [5.41, 5.74) is 0. The summed E-state index contributed by atoms with van der Waals surface area (Å²) in [6.07, 6.45) is 0.607. The standard InChI is InChI=1S/C12H15NO4S/c14-11(15)6-9(10-2-1-5-18-10)13-12(16)8-3-4-17-7-8/h1-2,5,8-9H,3-4,6-7H2,(H,13,16)(H,14,15)/t8-,9+/m0/s1. The van der Waals surface area contributed by atoms with Crippen molar-refractivity contribution in [1.82, 2.24) is 5.32 Å². The Morgan fingerprint density at radius 1 is 1.61 bits per heavy atom. The molecule has 2 N–H and O–H groups in total. The number of carbonyl (C=O) groups is 2. The van der Waals surface area contributed by atoms with Gasteiger partial charge in [0.05, 0.1) is 25.0 Å². The van der Waals surface area contributed by atoms with E-state index in [1.54, 1.807) is 0 Å². The Morgan fingerprint density at radius 2 is 2.44 bits per heavy atom. The summed E-state index contributed by atoms with van der Waals surface area (Å²) in [6.45, 7) is 1.02. The first-order chi connectivity index (χ1) is 8.66. The van der Waals surface area contributed by atoms with E-state index in [4.69, 9.17) is 9.84 Å². The van der Waals surface area contributed by atoms with Crippen LogP contribution < -0.4 is 5.32 Å². The Hall–Kier alpha value is -1.40. The molecule has 1 aliphatic heterocycles. The van der Waals surface area contributed by atoms with Crippen LogP contribution in [0.3, 0.4) is 0 Å². The van der Waals surface area contributed by atoms with E-state index in [-0.39, 0.29) is 18.2 Å². The van der Waals surface area contributed by atoms with Crippen LogP contribution in [0.1, 0.15) is 23.8 Å². The fraction of sp³-hybridized carbons (Fsp3) is 0.500. The van der Waals surface area contributed by atoms with Gasteiger partial charge in [0, 0.05) is 11.5 Å². The van der Waals surface area contributed by atoms with E-state index in [9.17, 15) is 9.59 Å². The molecule has 1 amide bonds. The second kappa shape index (κ2) is 5.97. The fourth-order valence-electron chi connectivity index (χ4n) is 1.92. The number of amides is 1. The Kier molecular flexibility index (Phi) is 4.33. The lowest BCUT2D eigenvalue weighted by molar-refractivity contribution is -0.137. The van der Waals surface area contributed by atoms with Gasteiger partial charge in [-0.15, -0.1) is 11.3 Å². The summed E-state index contributed by atoms with van der Waals surface area (Å²) in [5.74, 6) is -1.19. The first kappa shape index (κ1) is 13.0. The maximum Gasteiger partial charge on any atom is 0.305 e. The van der Waals surface area contributed by atoms with Gasteiger partial charge in [0.15, 0.2) is 0 Å². The summed E-state index contributed by atoms with van der Waals surface area (Å²) in [7, 11) is 0. The quantitative estimate of drug-likeness (QED) is 0.847. The lowest BCUT2D eigenvalue weighted by Crippen LogP contribution is -2.35. The first-order valence-electron chi connectivity index (χ1n) is 5.80. The smallest absolute Gasteiger partial charge is 0.305 e. The molecule has 1 fully saturated rings. The molecule has 6 heteroatoms. The predicted molar refractivity (Wildman–Crippen MR) is 66.4 cm³/mol. The van der Waals surface area contributed by atoms with Crippen molar-refractivity contribution in [2.45, 2.75) is 18.9 Å². The van der Waals surface area contributed by atoms with E-state index >= 15 is 0 Å². The Labute approximate surface area is 109 Å². The number of carbonyl (C=O) groups excluding carboxylic acids is 1. The summed E-state index contributed by atoms with van der Waals surface area (Å²) >= 11 is 1.45. The molecule has 5 nitrogen and oxygen atoms in total. The minimum atomic E-state index is -0.920. The molecule has 0 unspecified atom stereocenters. The van der Waals surface area contributed by atoms with Crippen molar-refractivity contribution in [1.29, 1.82) is 0 Å². The van der Waals surface area contributed by atoms with Gasteiger partial charge >= 0.3 is 5.97 Å². The number of thiophene rings is 1. The number of nitrogens with one attached hydrogen (secondary N) is 1. The summed E-state index contributed by atoms with van der Waals surface area (Å²) in [5, 5.41) is 13.6. The Balaban J connectivity index is 2.00. The molecular weight excluding hydrogens is 254 g/mol. The average molecular weight is 269 g/mol. The SMILES string of the molecule is O=C(O)C[C@@H](NC(=O)[C@H]1CCOC1)c1cccs1. The molecule has 0 aliphatic carbocycles. The molecule has 1 aromatic rings. The molecule has 2 atom stereocenters. The van der Waals surface area contributed by atoms with Crippen molar-refractivity contribution >= 4 is 23.2 Å². The summed E-state index contributed by atoms with van der Waals surface area (Å²) in [6, 6.07) is 3.24. The highest BCUT2D eigenvalue weighted by Crippen LogP contribution is 2.23. The van der Waals surface area contributed by atoms with Crippen LogP contribution in [0.4, 0.5) is 0 Å². The Morgan fingerprint density at radius 3 is 3.00 bits per heavy atom. The molecular formula is C12H15NO4S. The van der Waals surface area contributed by atoms with Gasteiger partial charge in [-0.05, 0) is 17.9 Å². The normalized spacial score (nSPS) is 20.6. The molecule has 1 aromatic heterocycles. The third-order valence-electron chi connectivity index (χ3n) is 2.88. The van der Waals surface area contributed by atoms with Crippen LogP contribution in [0.15, 0.2) is 17.5 Å². The van der Waals surface area contributed by atoms with Crippen LogP contribution in [-0.4, -0.2) is 30.2 Å². The van der Waals surface area contributed by atoms with Gasteiger partial charge in [-0.25, -0.2) is 0 Å². The van der Waals surface area contributed by atoms with Crippen LogP contribution in [0.25, 0.3) is 0 Å². The van der Waals surface area contributed by atoms with E-state index in [2.05, 4.69) is 5.32 Å². The minimum absolute atomic E-state index is 0.0974. The Bertz CT molecular complexity index is 412. The van der Waals surface area contributed by atoms with Crippen molar-refractivity contribution in [3.8, 4) is 0 Å². The van der Waals surface area contributed by atoms with E-state index in [0.29, 0.717) is 19.6 Å². The highest BCUT2D eigenvalue weighted by atomic mass is 32.1. The van der Waals surface area contributed by atoms with Gasteiger partial charge in [-0.3, -0.25) is 9.59 Å². The van der Waals surface area contributed by atoms with Crippen LogP contribution in [0.2, 0.25) is 0 Å². The van der Waals surface area contributed by atoms with E-state index in [1.807, 2.05) is 17.5 Å². The summed E-state index contributed by atoms with van der Waals surface area (Å²) < 4.78 is 5.16. The van der Waals surface area contributed by atoms with Crippen molar-refractivity contribution < 1.29 is 19.4 Å². The molecule has 0 aromatic carbocycles. The van der Waals surface area contributed by atoms with Crippen molar-refractivity contribution in [3.05, 3.63) is 22.4 Å². The molecule has 1 aliphatic rings. The van der Waals surface area contributed by atoms with Gasteiger partial charge in [-0.1, -0.05) is 6.07 Å². The van der Waals surface area contributed by atoms with Crippen molar-refractivity contribution in [2.24, 2.45) is 5.92 Å². The van der Waals surface area contributed by atoms with E-state index < -0.39 is 12.0 Å². The van der Waals surface area contributed by atoms with Crippen molar-refractivity contribution in [3.63, 3.8) is 0 Å². The largest absolute Gasteiger partial charge is 0.481 e. The molecule has 18 heavy (non-hydrogen) atoms. The maximum absolute atomic E-state index is 12.0. The third-order valence-corrected chi connectivity index (χ3v) is 3.87. The molecule has 0 saturated carbocycles. The number of hydrogen-bond acceptors (Lipinski definition) is 4. The maximum atomic E-state index is 12.0. The zero-order valence-electron chi connectivity index (χ0n) is 9.80. The number of ether oxygens (including phenoxy) is 1. The predicted octanol–water partition coefficient (Wildman–Crippen LogP) is 1.42. The monoisotopic (exact) mass is 269 g/mol. The zero-order chi connectivity index (χ0) is 13.0. The van der Waals surface area contributed by atoms with Gasteiger partial charge in [0.1, 0.15) is 0 Å². The zero-order valence-corrected chi connectivity index (χ0v) is 10.6. The topological polar surface area (TPSA) is 75.6 Å². The first-order valence-corrected chi connectivity index (χ1v) is 6.68. The number of carboxylic acid groups (broad SMARTS) is 1. The van der Waals surface area contributed by atoms with Crippen LogP contribution in [0.5, 0.6) is 0 Å². The number of hydrogen-bond donors (Lipinski definition) is 2. The molecule has 98 valence electrons. The number of rotatable bonds is 5. The number of aliphatic carboxylic acids is 1. The fourth-order valence-corrected chi connectivity index (χ4v) is 2.70. The van der Waals surface area contributed by atoms with Crippen molar-refractivity contribution in [2.75, 3.05) is 13.2 Å². The minimum Gasteiger partial charge on any atom is -0.481 e. The third kappa shape index (κ3) is 3.30. The molecule has 1 saturated heterocycles. The van der Waals surface area contributed by atoms with Gasteiger partial charge in [0.25, 0.3) is 0 Å². The lowest BCUT2D eigenvalue weighted by atomic mass is 10.1. The van der Waals surface area contributed by atoms with Crippen LogP contribution in [-0.2, 0) is 14.3 Å². The molecule has 0 spiro atoms. The molecule has 2 heterocycles. The average Bonchev–Trinajstić information content (AvgIpc) is 3.01. The van der Waals surface area contributed by atoms with Gasteiger partial charge < -0.3 is 15.2 Å². The van der Waals surface area contributed by atoms with E-state index in [0.717, 1.165) is 4.88 Å². The van der Waals surface area contributed by atoms with E-state index in [1.165, 1.54) is 11.3 Å².